The Labute approximate surface area is 185 Å². The van der Waals surface area contributed by atoms with Crippen LogP contribution in [-0.2, 0) is 16.5 Å². The smallest absolute Gasteiger partial charge is 0.356 e. The van der Waals surface area contributed by atoms with Crippen molar-refractivity contribution in [3.63, 3.8) is 0 Å². The minimum absolute atomic E-state index is 0.0725. The van der Waals surface area contributed by atoms with Crippen molar-refractivity contribution in [3.05, 3.63) is 42.9 Å². The molecule has 3 aromatic rings. The summed E-state index contributed by atoms with van der Waals surface area (Å²) in [5.41, 5.74) is 1.19. The number of fused-ring (bicyclic) bond motifs is 1. The van der Waals surface area contributed by atoms with Crippen LogP contribution in [0, 0.1) is 5.41 Å². The summed E-state index contributed by atoms with van der Waals surface area (Å²) in [6, 6.07) is 6.03. The molecule has 32 heavy (non-hydrogen) atoms. The van der Waals surface area contributed by atoms with Gasteiger partial charge in [-0.15, -0.1) is 4.36 Å². The first-order valence-corrected chi connectivity index (χ1v) is 11.3. The molecule has 4 rings (SSSR count). The number of aromatic nitrogens is 4. The lowest BCUT2D eigenvalue weighted by Gasteiger charge is -2.30. The molecule has 0 bridgehead atoms. The Balaban J connectivity index is 1.62. The molecule has 3 aromatic heterocycles. The second kappa shape index (κ2) is 8.20. The van der Waals surface area contributed by atoms with Crippen molar-refractivity contribution in [3.8, 4) is 22.9 Å². The van der Waals surface area contributed by atoms with Crippen LogP contribution in [-0.4, -0.2) is 43.7 Å². The van der Waals surface area contributed by atoms with Crippen LogP contribution in [0.4, 0.5) is 10.6 Å². The SMILES string of the molecule is COc1cc(-c2cccnc2NC(=O)N=S(N)(=O)c2cnn3c2OCC(C)(C)C3)ccn1. The predicted molar refractivity (Wildman–Crippen MR) is 118 cm³/mol. The molecule has 0 radical (unpaired) electrons. The van der Waals surface area contributed by atoms with Gasteiger partial charge in [0.25, 0.3) is 0 Å². The topological polar surface area (TPSA) is 147 Å². The molecule has 0 aliphatic carbocycles. The van der Waals surface area contributed by atoms with Crippen molar-refractivity contribution in [2.45, 2.75) is 25.3 Å². The number of pyridine rings is 2. The van der Waals surface area contributed by atoms with Crippen LogP contribution in [0.2, 0.25) is 0 Å². The summed E-state index contributed by atoms with van der Waals surface area (Å²) >= 11 is 0. The Kier molecular flexibility index (Phi) is 5.57. The van der Waals surface area contributed by atoms with Crippen molar-refractivity contribution < 1.29 is 18.5 Å². The van der Waals surface area contributed by atoms with E-state index in [9.17, 15) is 9.00 Å². The van der Waals surface area contributed by atoms with Gasteiger partial charge < -0.3 is 9.47 Å². The fourth-order valence-corrected chi connectivity index (χ4v) is 4.26. The van der Waals surface area contributed by atoms with Crippen molar-refractivity contribution >= 4 is 21.8 Å². The first-order chi connectivity index (χ1) is 15.2. The van der Waals surface area contributed by atoms with Gasteiger partial charge in [0.05, 0.1) is 26.5 Å². The number of methoxy groups -OCH3 is 1. The van der Waals surface area contributed by atoms with Crippen LogP contribution in [0.1, 0.15) is 13.8 Å². The van der Waals surface area contributed by atoms with Crippen molar-refractivity contribution in [2.75, 3.05) is 19.0 Å². The average Bonchev–Trinajstić information content (AvgIpc) is 3.16. The molecular weight excluding hydrogens is 434 g/mol. The minimum Gasteiger partial charge on any atom is -0.481 e. The molecule has 0 fully saturated rings. The van der Waals surface area contributed by atoms with Gasteiger partial charge in [0.15, 0.2) is 9.92 Å². The molecule has 0 aromatic carbocycles. The highest BCUT2D eigenvalue weighted by Crippen LogP contribution is 2.33. The van der Waals surface area contributed by atoms with E-state index < -0.39 is 15.9 Å². The largest absolute Gasteiger partial charge is 0.481 e. The van der Waals surface area contributed by atoms with Crippen LogP contribution >= 0.6 is 0 Å². The number of nitrogens with one attached hydrogen (secondary N) is 1. The van der Waals surface area contributed by atoms with Gasteiger partial charge in [0.2, 0.25) is 11.8 Å². The lowest BCUT2D eigenvalue weighted by Crippen LogP contribution is -2.33. The van der Waals surface area contributed by atoms with Crippen LogP contribution in [0.3, 0.4) is 0 Å². The van der Waals surface area contributed by atoms with E-state index in [1.54, 1.807) is 35.1 Å². The summed E-state index contributed by atoms with van der Waals surface area (Å²) < 4.78 is 29.2. The zero-order valence-corrected chi connectivity index (χ0v) is 18.6. The van der Waals surface area contributed by atoms with Gasteiger partial charge in [0.1, 0.15) is 10.7 Å². The van der Waals surface area contributed by atoms with E-state index in [2.05, 4.69) is 24.7 Å². The summed E-state index contributed by atoms with van der Waals surface area (Å²) in [6.45, 7) is 5.02. The van der Waals surface area contributed by atoms with E-state index in [-0.39, 0.29) is 22.0 Å². The first-order valence-electron chi connectivity index (χ1n) is 9.68. The quantitative estimate of drug-likeness (QED) is 0.612. The van der Waals surface area contributed by atoms with Gasteiger partial charge in [-0.05, 0) is 23.8 Å². The van der Waals surface area contributed by atoms with E-state index >= 15 is 0 Å². The fraction of sp³-hybridized carbons (Fsp3) is 0.300. The third-order valence-electron chi connectivity index (χ3n) is 4.76. The fourth-order valence-electron chi connectivity index (χ4n) is 3.25. The summed E-state index contributed by atoms with van der Waals surface area (Å²) in [6.07, 6.45) is 4.42. The van der Waals surface area contributed by atoms with Gasteiger partial charge in [-0.25, -0.2) is 28.8 Å². The average molecular weight is 458 g/mol. The molecule has 1 unspecified atom stereocenters. The van der Waals surface area contributed by atoms with E-state index in [1.807, 2.05) is 13.8 Å². The number of rotatable bonds is 4. The number of anilines is 1. The summed E-state index contributed by atoms with van der Waals surface area (Å²) in [4.78, 5) is 21.0. The van der Waals surface area contributed by atoms with Crippen LogP contribution < -0.4 is 19.9 Å². The number of ether oxygens (including phenoxy) is 2. The molecule has 2 amide bonds. The number of hydrogen-bond acceptors (Lipinski definition) is 7. The van der Waals surface area contributed by atoms with Gasteiger partial charge >= 0.3 is 6.03 Å². The van der Waals surface area contributed by atoms with Crippen molar-refractivity contribution in [1.82, 2.24) is 19.7 Å². The Bertz CT molecular complexity index is 1290. The Morgan fingerprint density at radius 3 is 2.94 bits per heavy atom. The van der Waals surface area contributed by atoms with E-state index in [4.69, 9.17) is 14.6 Å². The second-order valence-corrected chi connectivity index (χ2v) is 9.76. The third-order valence-corrected chi connectivity index (χ3v) is 6.11. The number of carbonyl (C=O) groups is 1. The maximum Gasteiger partial charge on any atom is 0.356 e. The number of nitrogens with zero attached hydrogens (tertiary/aromatic N) is 5. The first kappa shape index (κ1) is 21.7. The lowest BCUT2D eigenvalue weighted by atomic mass is 9.94. The zero-order chi connectivity index (χ0) is 22.9. The van der Waals surface area contributed by atoms with Crippen LogP contribution in [0.5, 0.6) is 11.8 Å². The molecule has 11 nitrogen and oxygen atoms in total. The number of hydrogen-bond donors (Lipinski definition) is 2. The maximum absolute atomic E-state index is 13.1. The second-order valence-electron chi connectivity index (χ2n) is 8.00. The minimum atomic E-state index is -3.61. The van der Waals surface area contributed by atoms with Crippen LogP contribution in [0.15, 0.2) is 52.1 Å². The maximum atomic E-state index is 13.1. The Hall–Kier alpha value is -3.51. The predicted octanol–water partition coefficient (Wildman–Crippen LogP) is 2.70. The molecule has 4 heterocycles. The highest BCUT2D eigenvalue weighted by molar-refractivity contribution is 7.91. The summed E-state index contributed by atoms with van der Waals surface area (Å²) in [7, 11) is -2.10. The molecular formula is C20H23N7O4S. The van der Waals surface area contributed by atoms with Crippen molar-refractivity contribution in [1.29, 1.82) is 0 Å². The number of urea groups is 1. The van der Waals surface area contributed by atoms with Gasteiger partial charge in [-0.1, -0.05) is 13.8 Å². The highest BCUT2D eigenvalue weighted by Gasteiger charge is 2.32. The number of carbonyl (C=O) groups excluding carboxylic acids is 1. The molecule has 3 N–H and O–H groups in total. The molecule has 0 saturated carbocycles. The molecule has 168 valence electrons. The van der Waals surface area contributed by atoms with Gasteiger partial charge in [-0.3, -0.25) is 5.32 Å². The lowest BCUT2D eigenvalue weighted by molar-refractivity contribution is 0.0972. The number of amides is 2. The zero-order valence-electron chi connectivity index (χ0n) is 17.8. The normalized spacial score (nSPS) is 16.2. The van der Waals surface area contributed by atoms with Crippen molar-refractivity contribution in [2.24, 2.45) is 14.9 Å². The third kappa shape index (κ3) is 4.41. The molecule has 12 heteroatoms. The van der Waals surface area contributed by atoms with E-state index in [0.29, 0.717) is 24.6 Å². The Morgan fingerprint density at radius 2 is 2.16 bits per heavy atom. The number of nitrogens with two attached hydrogens (primary N) is 1. The summed E-state index contributed by atoms with van der Waals surface area (Å²) in [5, 5.41) is 12.7. The monoisotopic (exact) mass is 457 g/mol. The molecule has 0 spiro atoms. The van der Waals surface area contributed by atoms with E-state index in [0.717, 1.165) is 5.56 Å². The molecule has 0 saturated heterocycles. The standard InChI is InChI=1S/C20H23N7O4S/c1-20(2)11-27-18(31-12-20)15(10-24-27)32(21,29)26-19(28)25-17-14(5-4-7-23-17)13-6-8-22-16(9-13)30-3/h4-10H,11-12H2,1-3H3,(H3,21,23,25,26,28,29). The summed E-state index contributed by atoms with van der Waals surface area (Å²) in [5.74, 6) is 0.892. The highest BCUT2D eigenvalue weighted by atomic mass is 32.2. The Morgan fingerprint density at radius 1 is 1.34 bits per heavy atom. The van der Waals surface area contributed by atoms with Crippen LogP contribution in [0.25, 0.3) is 11.1 Å². The molecule has 1 atom stereocenters. The van der Waals surface area contributed by atoms with E-state index in [1.165, 1.54) is 19.5 Å². The van der Waals surface area contributed by atoms with Gasteiger partial charge in [-0.2, -0.15) is 5.10 Å². The molecule has 1 aliphatic rings. The van der Waals surface area contributed by atoms with Gasteiger partial charge in [0, 0.05) is 29.4 Å². The molecule has 1 aliphatic heterocycles.